The van der Waals surface area contributed by atoms with E-state index < -0.39 is 41.4 Å². The molecule has 2 aliphatic heterocycles. The number of nitrogens with one attached hydrogen (secondary N) is 4. The third-order valence-electron chi connectivity index (χ3n) is 7.82. The van der Waals surface area contributed by atoms with E-state index in [1.165, 1.54) is 6.92 Å². The molecule has 4 atom stereocenters. The van der Waals surface area contributed by atoms with Gasteiger partial charge in [-0.2, -0.15) is 0 Å². The second kappa shape index (κ2) is 13.9. The first kappa shape index (κ1) is 31.2. The Morgan fingerprint density at radius 2 is 1.79 bits per heavy atom. The van der Waals surface area contributed by atoms with E-state index in [-0.39, 0.29) is 31.2 Å². The highest BCUT2D eigenvalue weighted by Crippen LogP contribution is 2.31. The van der Waals surface area contributed by atoms with Crippen molar-refractivity contribution in [2.45, 2.75) is 69.7 Å². The lowest BCUT2D eigenvalue weighted by atomic mass is 9.94. The van der Waals surface area contributed by atoms with E-state index in [0.29, 0.717) is 31.9 Å². The topological polar surface area (TPSA) is 158 Å². The molecule has 12 heteroatoms. The van der Waals surface area contributed by atoms with E-state index in [0.717, 1.165) is 30.4 Å². The van der Waals surface area contributed by atoms with Crippen molar-refractivity contribution in [2.24, 2.45) is 0 Å². The third kappa shape index (κ3) is 8.62. The molecule has 1 aliphatic carbocycles. The number of ketones is 1. The minimum Gasteiger partial charge on any atom is -0.497 e. The van der Waals surface area contributed by atoms with Crippen LogP contribution in [0.25, 0.3) is 0 Å². The van der Waals surface area contributed by atoms with Crippen LogP contribution in [0.4, 0.5) is 0 Å². The van der Waals surface area contributed by atoms with Crippen LogP contribution in [0.15, 0.2) is 35.9 Å². The highest BCUT2D eigenvalue weighted by atomic mass is 16.6. The number of epoxide rings is 1. The Bertz CT molecular complexity index is 1210. The lowest BCUT2D eigenvalue weighted by molar-refractivity contribution is -0.134. The molecule has 0 unspecified atom stereocenters. The average Bonchev–Trinajstić information content (AvgIpc) is 3.50. The van der Waals surface area contributed by atoms with Crippen LogP contribution < -0.4 is 26.0 Å². The van der Waals surface area contributed by atoms with Crippen molar-refractivity contribution in [3.05, 3.63) is 41.5 Å². The first-order valence-electron chi connectivity index (χ1n) is 14.4. The fourth-order valence-electron chi connectivity index (χ4n) is 5.17. The highest BCUT2D eigenvalue weighted by molar-refractivity contribution is 5.98. The van der Waals surface area contributed by atoms with E-state index in [4.69, 9.17) is 9.47 Å². The van der Waals surface area contributed by atoms with Gasteiger partial charge in [-0.15, -0.1) is 0 Å². The first-order valence-corrected chi connectivity index (χ1v) is 14.4. The van der Waals surface area contributed by atoms with Gasteiger partial charge in [0.1, 0.15) is 23.4 Å². The summed E-state index contributed by atoms with van der Waals surface area (Å²) in [7, 11) is 1.56. The Hall–Kier alpha value is -3.77. The van der Waals surface area contributed by atoms with Crippen LogP contribution in [0, 0.1) is 0 Å². The number of allylic oxidation sites excluding steroid dienone is 1. The van der Waals surface area contributed by atoms with Crippen LogP contribution in [0.2, 0.25) is 0 Å². The number of hydrogen-bond donors (Lipinski definition) is 4. The molecule has 0 radical (unpaired) electrons. The van der Waals surface area contributed by atoms with Crippen molar-refractivity contribution >= 4 is 29.4 Å². The van der Waals surface area contributed by atoms with Crippen molar-refractivity contribution in [2.75, 3.05) is 39.9 Å². The Morgan fingerprint density at radius 3 is 2.40 bits per heavy atom. The standard InChI is InChI=1S/C30H41N5O7/c1-19(32-26(37)17-35-13-12-31-25(36)16-35)28(39)34-24(15-21-8-10-22(41-3)11-9-21)29(40)33-23(14-20-6-4-5-7-20)27(38)30(2)18-42-30/h6,8-11,19,23-24H,4-5,7,12-18H2,1-3H3,(H,31,36)(H,32,37)(H,33,40)(H,34,39)/t19-,23-,24-,30+/m0/s1. The van der Waals surface area contributed by atoms with Gasteiger partial charge < -0.3 is 30.7 Å². The summed E-state index contributed by atoms with van der Waals surface area (Å²) in [5, 5.41) is 11.0. The smallest absolute Gasteiger partial charge is 0.243 e. The molecule has 3 aliphatic rings. The van der Waals surface area contributed by atoms with Crippen LogP contribution >= 0.6 is 0 Å². The van der Waals surface area contributed by atoms with Gasteiger partial charge in [-0.1, -0.05) is 23.8 Å². The molecule has 2 fully saturated rings. The zero-order chi connectivity index (χ0) is 30.3. The molecule has 0 bridgehead atoms. The maximum absolute atomic E-state index is 13.7. The summed E-state index contributed by atoms with van der Waals surface area (Å²) >= 11 is 0. The molecule has 42 heavy (non-hydrogen) atoms. The van der Waals surface area contributed by atoms with Crippen molar-refractivity contribution in [1.29, 1.82) is 0 Å². The lowest BCUT2D eigenvalue weighted by Gasteiger charge is -2.27. The van der Waals surface area contributed by atoms with Crippen LogP contribution in [0.5, 0.6) is 5.75 Å². The maximum atomic E-state index is 13.7. The summed E-state index contributed by atoms with van der Waals surface area (Å²) in [6, 6.07) is 4.38. The van der Waals surface area contributed by atoms with Gasteiger partial charge in [0.2, 0.25) is 23.6 Å². The molecular formula is C30H41N5O7. The number of rotatable bonds is 14. The first-order chi connectivity index (χ1) is 20.1. The van der Waals surface area contributed by atoms with E-state index in [1.807, 2.05) is 0 Å². The Balaban J connectivity index is 1.44. The summed E-state index contributed by atoms with van der Waals surface area (Å²) in [5.41, 5.74) is 0.978. The third-order valence-corrected chi connectivity index (χ3v) is 7.82. The molecule has 4 rings (SSSR count). The average molecular weight is 584 g/mol. The van der Waals surface area contributed by atoms with E-state index in [1.54, 1.807) is 43.2 Å². The Kier molecular flexibility index (Phi) is 10.3. The predicted octanol–water partition coefficient (Wildman–Crippen LogP) is 0.00220. The van der Waals surface area contributed by atoms with Gasteiger partial charge in [0.25, 0.3) is 0 Å². The summed E-state index contributed by atoms with van der Waals surface area (Å²) < 4.78 is 10.6. The number of hydrogen-bond acceptors (Lipinski definition) is 8. The normalized spacial score (nSPS) is 22.2. The van der Waals surface area contributed by atoms with Gasteiger partial charge in [-0.3, -0.25) is 28.9 Å². The molecule has 1 aromatic carbocycles. The maximum Gasteiger partial charge on any atom is 0.243 e. The molecule has 2 heterocycles. The number of methoxy groups -OCH3 is 1. The highest BCUT2D eigenvalue weighted by Gasteiger charge is 2.50. The second-order valence-electron chi connectivity index (χ2n) is 11.4. The van der Waals surface area contributed by atoms with Gasteiger partial charge in [-0.25, -0.2) is 0 Å². The van der Waals surface area contributed by atoms with Crippen molar-refractivity contribution < 1.29 is 33.4 Å². The summed E-state index contributed by atoms with van der Waals surface area (Å²) in [6.07, 6.45) is 5.50. The molecule has 4 amide bonds. The minimum atomic E-state index is -1.02. The largest absolute Gasteiger partial charge is 0.497 e. The minimum absolute atomic E-state index is 0.0265. The van der Waals surface area contributed by atoms with Gasteiger partial charge in [0.05, 0.1) is 32.8 Å². The number of ether oxygens (including phenoxy) is 2. The van der Waals surface area contributed by atoms with Crippen molar-refractivity contribution in [3.63, 3.8) is 0 Å². The monoisotopic (exact) mass is 583 g/mol. The van der Waals surface area contributed by atoms with Gasteiger partial charge >= 0.3 is 0 Å². The zero-order valence-corrected chi connectivity index (χ0v) is 24.5. The fraction of sp³-hybridized carbons (Fsp3) is 0.567. The van der Waals surface area contributed by atoms with Crippen molar-refractivity contribution in [3.8, 4) is 5.75 Å². The van der Waals surface area contributed by atoms with E-state index >= 15 is 0 Å². The van der Waals surface area contributed by atoms with Crippen LogP contribution in [0.1, 0.15) is 45.1 Å². The molecule has 0 spiro atoms. The van der Waals surface area contributed by atoms with Gasteiger partial charge in [-0.05, 0) is 57.2 Å². The van der Waals surface area contributed by atoms with E-state index in [9.17, 15) is 24.0 Å². The SMILES string of the molecule is COc1ccc(C[C@H](NC(=O)[C@H](C)NC(=O)CN2CCNC(=O)C2)C(=O)N[C@@H](CC2=CCCC2)C(=O)[C@@]2(C)CO2)cc1. The molecule has 4 N–H and O–H groups in total. The summed E-state index contributed by atoms with van der Waals surface area (Å²) in [4.78, 5) is 66.1. The number of piperazine rings is 1. The predicted molar refractivity (Wildman–Crippen MR) is 154 cm³/mol. The molecule has 0 aromatic heterocycles. The van der Waals surface area contributed by atoms with Crippen molar-refractivity contribution in [1.82, 2.24) is 26.2 Å². The molecule has 1 aromatic rings. The summed E-state index contributed by atoms with van der Waals surface area (Å²) in [6.45, 7) is 4.63. The summed E-state index contributed by atoms with van der Waals surface area (Å²) in [5.74, 6) is -1.15. The van der Waals surface area contributed by atoms with Gasteiger partial charge in [0.15, 0.2) is 5.78 Å². The number of amides is 4. The lowest BCUT2D eigenvalue weighted by Crippen LogP contribution is -2.57. The number of nitrogens with zero attached hydrogens (tertiary/aromatic N) is 1. The quantitative estimate of drug-likeness (QED) is 0.176. The van der Waals surface area contributed by atoms with Crippen LogP contribution in [-0.2, 0) is 35.1 Å². The number of Topliss-reactive ketones (excluding diaryl/α,β-unsaturated/α-hetero) is 1. The Labute approximate surface area is 245 Å². The van der Waals surface area contributed by atoms with Gasteiger partial charge in [0, 0.05) is 19.5 Å². The Morgan fingerprint density at radius 1 is 1.07 bits per heavy atom. The number of carbonyl (C=O) groups excluding carboxylic acids is 5. The molecule has 12 nitrogen and oxygen atoms in total. The zero-order valence-electron chi connectivity index (χ0n) is 24.5. The van der Waals surface area contributed by atoms with Crippen LogP contribution in [-0.4, -0.2) is 97.9 Å². The number of carbonyl (C=O) groups is 5. The molecular weight excluding hydrogens is 542 g/mol. The van der Waals surface area contributed by atoms with E-state index in [2.05, 4.69) is 27.3 Å². The molecule has 2 saturated heterocycles. The second-order valence-corrected chi connectivity index (χ2v) is 11.4. The number of benzene rings is 1. The fourth-order valence-corrected chi connectivity index (χ4v) is 5.17. The molecule has 0 saturated carbocycles. The molecule has 228 valence electrons. The van der Waals surface area contributed by atoms with Crippen LogP contribution in [0.3, 0.4) is 0 Å².